The molecule has 1 aromatic rings. The molecule has 1 saturated heterocycles. The lowest BCUT2D eigenvalue weighted by Crippen LogP contribution is -2.47. The normalized spacial score (nSPS) is 16.7. The lowest BCUT2D eigenvalue weighted by Gasteiger charge is -2.32. The van der Waals surface area contributed by atoms with Crippen molar-refractivity contribution >= 4 is 15.9 Å². The maximum absolute atomic E-state index is 13.2. The molecule has 0 aromatic heterocycles. The standard InChI is InChI=1S/C15H21FN2O3S/c1-2-10-22(20,21)17-14-6-8-18(9-7-14)15(19)12-4-3-5-13(16)11-12/h3-5,11,14,17H,2,6-10H2,1H3. The maximum Gasteiger partial charge on any atom is 0.253 e. The van der Waals surface area contributed by atoms with Gasteiger partial charge in [0.05, 0.1) is 5.75 Å². The number of amides is 1. The minimum atomic E-state index is -3.23. The van der Waals surface area contributed by atoms with Crippen LogP contribution in [0.5, 0.6) is 0 Å². The van der Waals surface area contributed by atoms with Gasteiger partial charge in [-0.3, -0.25) is 4.79 Å². The molecule has 0 unspecified atom stereocenters. The molecule has 0 radical (unpaired) electrons. The lowest BCUT2D eigenvalue weighted by atomic mass is 10.0. The first-order valence-corrected chi connectivity index (χ1v) is 9.11. The quantitative estimate of drug-likeness (QED) is 0.896. The van der Waals surface area contributed by atoms with Crippen molar-refractivity contribution in [3.05, 3.63) is 35.6 Å². The number of rotatable bonds is 5. The van der Waals surface area contributed by atoms with Gasteiger partial charge in [0, 0.05) is 24.7 Å². The molecule has 22 heavy (non-hydrogen) atoms. The van der Waals surface area contributed by atoms with Crippen molar-refractivity contribution in [1.29, 1.82) is 0 Å². The predicted molar refractivity (Wildman–Crippen MR) is 82.5 cm³/mol. The number of halogens is 1. The first kappa shape index (κ1) is 16.9. The predicted octanol–water partition coefficient (Wildman–Crippen LogP) is 1.76. The van der Waals surface area contributed by atoms with Crippen molar-refractivity contribution < 1.29 is 17.6 Å². The first-order valence-electron chi connectivity index (χ1n) is 7.46. The third-order valence-corrected chi connectivity index (χ3v) is 5.31. The highest BCUT2D eigenvalue weighted by Crippen LogP contribution is 2.15. The van der Waals surface area contributed by atoms with Crippen LogP contribution < -0.4 is 4.72 Å². The van der Waals surface area contributed by atoms with Crippen LogP contribution >= 0.6 is 0 Å². The van der Waals surface area contributed by atoms with Gasteiger partial charge in [0.25, 0.3) is 5.91 Å². The molecule has 1 amide bonds. The Balaban J connectivity index is 1.91. The zero-order valence-corrected chi connectivity index (χ0v) is 13.4. The Bertz CT molecular complexity index is 625. The molecular formula is C15H21FN2O3S. The van der Waals surface area contributed by atoms with E-state index in [2.05, 4.69) is 4.72 Å². The smallest absolute Gasteiger partial charge is 0.253 e. The summed E-state index contributed by atoms with van der Waals surface area (Å²) in [5.74, 6) is -0.530. The van der Waals surface area contributed by atoms with Gasteiger partial charge in [0.2, 0.25) is 10.0 Å². The molecule has 0 bridgehead atoms. The fourth-order valence-electron chi connectivity index (χ4n) is 2.59. The summed E-state index contributed by atoms with van der Waals surface area (Å²) < 4.78 is 39.3. The van der Waals surface area contributed by atoms with Crippen LogP contribution in [-0.4, -0.2) is 44.1 Å². The second-order valence-electron chi connectivity index (χ2n) is 5.51. The molecule has 2 rings (SSSR count). The molecule has 0 saturated carbocycles. The number of nitrogens with zero attached hydrogens (tertiary/aromatic N) is 1. The third-order valence-electron chi connectivity index (χ3n) is 3.67. The van der Waals surface area contributed by atoms with E-state index in [1.54, 1.807) is 11.0 Å². The van der Waals surface area contributed by atoms with Crippen LogP contribution in [0, 0.1) is 5.82 Å². The summed E-state index contributed by atoms with van der Waals surface area (Å²) in [7, 11) is -3.23. The molecule has 0 spiro atoms. The molecule has 1 heterocycles. The Hall–Kier alpha value is -1.47. The molecule has 1 N–H and O–H groups in total. The van der Waals surface area contributed by atoms with Gasteiger partial charge < -0.3 is 4.90 Å². The number of carbonyl (C=O) groups is 1. The Labute approximate surface area is 130 Å². The number of sulfonamides is 1. The van der Waals surface area contributed by atoms with E-state index in [1.807, 2.05) is 6.92 Å². The number of piperidine rings is 1. The maximum atomic E-state index is 13.2. The van der Waals surface area contributed by atoms with Gasteiger partial charge in [-0.2, -0.15) is 0 Å². The van der Waals surface area contributed by atoms with Crippen molar-refractivity contribution in [3.63, 3.8) is 0 Å². The second kappa shape index (κ2) is 7.19. The Morgan fingerprint density at radius 3 is 2.64 bits per heavy atom. The van der Waals surface area contributed by atoms with Gasteiger partial charge in [0.1, 0.15) is 5.82 Å². The van der Waals surface area contributed by atoms with Crippen molar-refractivity contribution in [1.82, 2.24) is 9.62 Å². The molecule has 1 aliphatic rings. The van der Waals surface area contributed by atoms with Crippen LogP contribution in [-0.2, 0) is 10.0 Å². The first-order chi connectivity index (χ1) is 10.4. The van der Waals surface area contributed by atoms with Gasteiger partial charge in [-0.05, 0) is 37.5 Å². The van der Waals surface area contributed by atoms with Crippen molar-refractivity contribution in [3.8, 4) is 0 Å². The van der Waals surface area contributed by atoms with Gasteiger partial charge in [0.15, 0.2) is 0 Å². The average molecular weight is 328 g/mol. The van der Waals surface area contributed by atoms with E-state index < -0.39 is 15.8 Å². The molecule has 1 aliphatic heterocycles. The Morgan fingerprint density at radius 1 is 1.36 bits per heavy atom. The SMILES string of the molecule is CCCS(=O)(=O)NC1CCN(C(=O)c2cccc(F)c2)CC1. The van der Waals surface area contributed by atoms with E-state index in [9.17, 15) is 17.6 Å². The van der Waals surface area contributed by atoms with E-state index >= 15 is 0 Å². The second-order valence-corrected chi connectivity index (χ2v) is 7.39. The number of likely N-dealkylation sites (tertiary alicyclic amines) is 1. The Morgan fingerprint density at radius 2 is 2.05 bits per heavy atom. The van der Waals surface area contributed by atoms with E-state index in [0.29, 0.717) is 37.9 Å². The summed E-state index contributed by atoms with van der Waals surface area (Å²) in [6.45, 7) is 2.75. The van der Waals surface area contributed by atoms with Gasteiger partial charge in [-0.15, -0.1) is 0 Å². The van der Waals surface area contributed by atoms with Gasteiger partial charge >= 0.3 is 0 Å². The summed E-state index contributed by atoms with van der Waals surface area (Å²) >= 11 is 0. The van der Waals surface area contributed by atoms with Crippen LogP contribution in [0.2, 0.25) is 0 Å². The molecular weight excluding hydrogens is 307 g/mol. The summed E-state index contributed by atoms with van der Waals surface area (Å²) in [6.07, 6.45) is 1.72. The summed E-state index contributed by atoms with van der Waals surface area (Å²) in [6, 6.07) is 5.48. The zero-order chi connectivity index (χ0) is 16.2. The number of nitrogens with one attached hydrogen (secondary N) is 1. The molecule has 0 aliphatic carbocycles. The van der Waals surface area contributed by atoms with E-state index in [4.69, 9.17) is 0 Å². The fourth-order valence-corrected chi connectivity index (χ4v) is 3.98. The van der Waals surface area contributed by atoms with Crippen molar-refractivity contribution in [2.45, 2.75) is 32.2 Å². The van der Waals surface area contributed by atoms with Crippen molar-refractivity contribution in [2.75, 3.05) is 18.8 Å². The van der Waals surface area contributed by atoms with Crippen LogP contribution in [0.3, 0.4) is 0 Å². The summed E-state index contributed by atoms with van der Waals surface area (Å²) in [5, 5.41) is 0. The highest BCUT2D eigenvalue weighted by molar-refractivity contribution is 7.89. The molecule has 1 aromatic carbocycles. The van der Waals surface area contributed by atoms with Crippen molar-refractivity contribution in [2.24, 2.45) is 0 Å². The minimum absolute atomic E-state index is 0.120. The van der Waals surface area contributed by atoms with Crippen LogP contribution in [0.15, 0.2) is 24.3 Å². The van der Waals surface area contributed by atoms with Crippen LogP contribution in [0.25, 0.3) is 0 Å². The van der Waals surface area contributed by atoms with Gasteiger partial charge in [-0.1, -0.05) is 13.0 Å². The van der Waals surface area contributed by atoms with E-state index in [0.717, 1.165) is 0 Å². The van der Waals surface area contributed by atoms with Gasteiger partial charge in [-0.25, -0.2) is 17.5 Å². The third kappa shape index (κ3) is 4.51. The van der Waals surface area contributed by atoms with Crippen LogP contribution in [0.1, 0.15) is 36.5 Å². The molecule has 1 fully saturated rings. The number of hydrogen-bond acceptors (Lipinski definition) is 3. The fraction of sp³-hybridized carbons (Fsp3) is 0.533. The van der Waals surface area contributed by atoms with Crippen LogP contribution in [0.4, 0.5) is 4.39 Å². The largest absolute Gasteiger partial charge is 0.339 e. The highest BCUT2D eigenvalue weighted by Gasteiger charge is 2.26. The molecule has 5 nitrogen and oxygen atoms in total. The topological polar surface area (TPSA) is 66.5 Å². The lowest BCUT2D eigenvalue weighted by molar-refractivity contribution is 0.0711. The Kier molecular flexibility index (Phi) is 5.52. The number of carbonyl (C=O) groups excluding carboxylic acids is 1. The molecule has 122 valence electrons. The molecule has 0 atom stereocenters. The highest BCUT2D eigenvalue weighted by atomic mass is 32.2. The monoisotopic (exact) mass is 328 g/mol. The zero-order valence-electron chi connectivity index (χ0n) is 12.6. The van der Waals surface area contributed by atoms with E-state index in [1.165, 1.54) is 18.2 Å². The average Bonchev–Trinajstić information content (AvgIpc) is 2.47. The minimum Gasteiger partial charge on any atom is -0.339 e. The summed E-state index contributed by atoms with van der Waals surface area (Å²) in [5.41, 5.74) is 0.324. The molecule has 7 heteroatoms. The number of benzene rings is 1. The van der Waals surface area contributed by atoms with E-state index in [-0.39, 0.29) is 17.7 Å². The summed E-state index contributed by atoms with van der Waals surface area (Å²) in [4.78, 5) is 13.9. The number of hydrogen-bond donors (Lipinski definition) is 1.